The standard InChI is InChI=1S/C11H13ClN6O/c1-3-4-8-5-7(6-9(12)13-8)10(19)14-11-15-17-18(2)16-11/h5-6H,3-4H2,1-2H3,(H,14,16,19). The van der Waals surface area contributed by atoms with Crippen molar-refractivity contribution in [2.45, 2.75) is 19.8 Å². The molecule has 1 amide bonds. The lowest BCUT2D eigenvalue weighted by Gasteiger charge is -2.04. The van der Waals surface area contributed by atoms with Gasteiger partial charge < -0.3 is 0 Å². The molecule has 7 nitrogen and oxygen atoms in total. The van der Waals surface area contributed by atoms with Crippen molar-refractivity contribution >= 4 is 23.5 Å². The van der Waals surface area contributed by atoms with Crippen molar-refractivity contribution in [3.63, 3.8) is 0 Å². The van der Waals surface area contributed by atoms with Gasteiger partial charge in [0, 0.05) is 11.3 Å². The maximum atomic E-state index is 12.0. The van der Waals surface area contributed by atoms with Gasteiger partial charge in [0.15, 0.2) is 0 Å². The van der Waals surface area contributed by atoms with Crippen LogP contribution in [0.2, 0.25) is 5.15 Å². The van der Waals surface area contributed by atoms with Crippen molar-refractivity contribution in [3.8, 4) is 0 Å². The predicted molar refractivity (Wildman–Crippen MR) is 70.0 cm³/mol. The number of carbonyl (C=O) groups is 1. The largest absolute Gasteiger partial charge is 0.288 e. The van der Waals surface area contributed by atoms with Crippen molar-refractivity contribution < 1.29 is 4.79 Å². The lowest BCUT2D eigenvalue weighted by atomic mass is 10.1. The Morgan fingerprint density at radius 2 is 2.26 bits per heavy atom. The number of rotatable bonds is 4. The first kappa shape index (κ1) is 13.4. The van der Waals surface area contributed by atoms with Crippen LogP contribution in [0, 0.1) is 0 Å². The van der Waals surface area contributed by atoms with Gasteiger partial charge in [-0.05, 0) is 23.8 Å². The molecular formula is C11H13ClN6O. The molecule has 0 atom stereocenters. The van der Waals surface area contributed by atoms with Crippen molar-refractivity contribution in [1.82, 2.24) is 25.2 Å². The van der Waals surface area contributed by atoms with Gasteiger partial charge in [-0.1, -0.05) is 30.0 Å². The second kappa shape index (κ2) is 5.75. The number of aryl methyl sites for hydroxylation is 2. The van der Waals surface area contributed by atoms with E-state index in [0.717, 1.165) is 18.5 Å². The molecule has 0 aliphatic heterocycles. The van der Waals surface area contributed by atoms with Gasteiger partial charge in [-0.3, -0.25) is 10.1 Å². The molecule has 0 saturated heterocycles. The Balaban J connectivity index is 2.18. The van der Waals surface area contributed by atoms with Gasteiger partial charge in [0.1, 0.15) is 5.15 Å². The summed E-state index contributed by atoms with van der Waals surface area (Å²) < 4.78 is 0. The predicted octanol–water partition coefficient (Wildman–Crippen LogP) is 1.46. The Kier molecular flexibility index (Phi) is 4.06. The van der Waals surface area contributed by atoms with Gasteiger partial charge in [-0.15, -0.1) is 5.10 Å². The number of pyridine rings is 1. The van der Waals surface area contributed by atoms with E-state index in [9.17, 15) is 4.79 Å². The second-order valence-corrected chi connectivity index (χ2v) is 4.36. The van der Waals surface area contributed by atoms with Gasteiger partial charge >= 0.3 is 0 Å². The third kappa shape index (κ3) is 3.47. The lowest BCUT2D eigenvalue weighted by Crippen LogP contribution is -2.14. The number of anilines is 1. The van der Waals surface area contributed by atoms with Gasteiger partial charge in [0.2, 0.25) is 0 Å². The average molecular weight is 281 g/mol. The molecule has 1 N–H and O–H groups in total. The van der Waals surface area contributed by atoms with E-state index in [-0.39, 0.29) is 11.9 Å². The molecule has 0 unspecified atom stereocenters. The maximum Gasteiger partial charge on any atom is 0.270 e. The number of halogens is 1. The van der Waals surface area contributed by atoms with Crippen LogP contribution in [0.1, 0.15) is 29.4 Å². The van der Waals surface area contributed by atoms with Crippen molar-refractivity contribution in [3.05, 3.63) is 28.5 Å². The Morgan fingerprint density at radius 1 is 1.47 bits per heavy atom. The molecule has 19 heavy (non-hydrogen) atoms. The third-order valence-corrected chi connectivity index (χ3v) is 2.54. The number of carbonyl (C=O) groups excluding carboxylic acids is 1. The van der Waals surface area contributed by atoms with E-state index in [1.807, 2.05) is 6.92 Å². The number of hydrogen-bond donors (Lipinski definition) is 1. The normalized spacial score (nSPS) is 10.5. The maximum absolute atomic E-state index is 12.0. The summed E-state index contributed by atoms with van der Waals surface area (Å²) in [4.78, 5) is 17.4. The van der Waals surface area contributed by atoms with Crippen molar-refractivity contribution in [2.24, 2.45) is 7.05 Å². The molecule has 0 radical (unpaired) electrons. The van der Waals surface area contributed by atoms with Crippen LogP contribution >= 0.6 is 11.6 Å². The van der Waals surface area contributed by atoms with E-state index < -0.39 is 0 Å². The quantitative estimate of drug-likeness (QED) is 0.857. The monoisotopic (exact) mass is 280 g/mol. The molecule has 0 aliphatic carbocycles. The van der Waals surface area contributed by atoms with Gasteiger partial charge in [-0.2, -0.15) is 4.80 Å². The summed E-state index contributed by atoms with van der Waals surface area (Å²) in [6, 6.07) is 3.22. The topological polar surface area (TPSA) is 85.6 Å². The van der Waals surface area contributed by atoms with E-state index in [4.69, 9.17) is 11.6 Å². The third-order valence-electron chi connectivity index (χ3n) is 2.35. The zero-order valence-electron chi connectivity index (χ0n) is 10.6. The highest BCUT2D eigenvalue weighted by atomic mass is 35.5. The summed E-state index contributed by atoms with van der Waals surface area (Å²) in [7, 11) is 1.62. The fourth-order valence-corrected chi connectivity index (χ4v) is 1.80. The van der Waals surface area contributed by atoms with Crippen LogP contribution < -0.4 is 5.32 Å². The second-order valence-electron chi connectivity index (χ2n) is 3.98. The summed E-state index contributed by atoms with van der Waals surface area (Å²) >= 11 is 5.90. The number of hydrogen-bond acceptors (Lipinski definition) is 5. The van der Waals surface area contributed by atoms with Crippen LogP contribution in [0.15, 0.2) is 12.1 Å². The molecule has 0 saturated carbocycles. The Hall–Kier alpha value is -2.02. The number of tetrazole rings is 1. The van der Waals surface area contributed by atoms with Crippen LogP contribution in [0.3, 0.4) is 0 Å². The highest BCUT2D eigenvalue weighted by molar-refractivity contribution is 6.29. The molecule has 0 aromatic carbocycles. The highest BCUT2D eigenvalue weighted by Crippen LogP contribution is 2.13. The van der Waals surface area contributed by atoms with E-state index in [1.54, 1.807) is 13.1 Å². The molecule has 8 heteroatoms. The highest BCUT2D eigenvalue weighted by Gasteiger charge is 2.11. The Morgan fingerprint density at radius 3 is 2.89 bits per heavy atom. The van der Waals surface area contributed by atoms with Crippen LogP contribution in [-0.4, -0.2) is 31.1 Å². The molecule has 0 bridgehead atoms. The van der Waals surface area contributed by atoms with Gasteiger partial charge in [-0.25, -0.2) is 4.98 Å². The molecule has 0 spiro atoms. The molecule has 0 fully saturated rings. The fraction of sp³-hybridized carbons (Fsp3) is 0.364. The van der Waals surface area contributed by atoms with Gasteiger partial charge in [0.05, 0.1) is 7.05 Å². The molecule has 0 aliphatic rings. The summed E-state index contributed by atoms with van der Waals surface area (Å²) in [5, 5.41) is 14.0. The fourth-order valence-electron chi connectivity index (χ4n) is 1.57. The number of nitrogens with zero attached hydrogens (tertiary/aromatic N) is 5. The SMILES string of the molecule is CCCc1cc(C(=O)Nc2nnn(C)n2)cc(Cl)n1. The first-order chi connectivity index (χ1) is 9.08. The molecule has 100 valence electrons. The van der Waals surface area contributed by atoms with E-state index in [2.05, 4.69) is 25.7 Å². The Labute approximate surface area is 115 Å². The van der Waals surface area contributed by atoms with Crippen LogP contribution in [-0.2, 0) is 13.5 Å². The average Bonchev–Trinajstić information content (AvgIpc) is 2.74. The van der Waals surface area contributed by atoms with Crippen molar-refractivity contribution in [2.75, 3.05) is 5.32 Å². The summed E-state index contributed by atoms with van der Waals surface area (Å²) in [6.07, 6.45) is 1.70. The zero-order valence-corrected chi connectivity index (χ0v) is 11.3. The number of nitrogens with one attached hydrogen (secondary N) is 1. The summed E-state index contributed by atoms with van der Waals surface area (Å²) in [5.41, 5.74) is 1.21. The first-order valence-electron chi connectivity index (χ1n) is 5.80. The molecule has 2 heterocycles. The minimum atomic E-state index is -0.338. The van der Waals surface area contributed by atoms with Gasteiger partial charge in [0.25, 0.3) is 11.9 Å². The lowest BCUT2D eigenvalue weighted by molar-refractivity contribution is 0.102. The smallest absolute Gasteiger partial charge is 0.270 e. The number of aromatic nitrogens is 5. The zero-order chi connectivity index (χ0) is 13.8. The molecule has 2 rings (SSSR count). The number of amides is 1. The first-order valence-corrected chi connectivity index (χ1v) is 6.18. The van der Waals surface area contributed by atoms with Crippen LogP contribution in [0.4, 0.5) is 5.95 Å². The van der Waals surface area contributed by atoms with Crippen LogP contribution in [0.25, 0.3) is 0 Å². The molecule has 2 aromatic rings. The minimum Gasteiger partial charge on any atom is -0.288 e. The van der Waals surface area contributed by atoms with Crippen LogP contribution in [0.5, 0.6) is 0 Å². The van der Waals surface area contributed by atoms with E-state index in [0.29, 0.717) is 10.7 Å². The van der Waals surface area contributed by atoms with Crippen molar-refractivity contribution in [1.29, 1.82) is 0 Å². The van der Waals surface area contributed by atoms with E-state index in [1.165, 1.54) is 10.9 Å². The molecular weight excluding hydrogens is 268 g/mol. The summed E-state index contributed by atoms with van der Waals surface area (Å²) in [6.45, 7) is 2.03. The van der Waals surface area contributed by atoms with E-state index >= 15 is 0 Å². The molecule has 2 aromatic heterocycles. The summed E-state index contributed by atoms with van der Waals surface area (Å²) in [5.74, 6) is -0.188. The minimum absolute atomic E-state index is 0.150. The Bertz CT molecular complexity index is 597.